The summed E-state index contributed by atoms with van der Waals surface area (Å²) in [6.07, 6.45) is 0.650. The van der Waals surface area contributed by atoms with Crippen LogP contribution in [0.5, 0.6) is 0 Å². The van der Waals surface area contributed by atoms with Crippen molar-refractivity contribution in [2.75, 3.05) is 12.3 Å². The van der Waals surface area contributed by atoms with Crippen LogP contribution in [0, 0.1) is 11.3 Å². The van der Waals surface area contributed by atoms with Crippen LogP contribution in [-0.2, 0) is 21.9 Å². The first-order chi connectivity index (χ1) is 14.2. The number of carbonyl (C=O) groups excluding carboxylic acids is 2. The van der Waals surface area contributed by atoms with Crippen molar-refractivity contribution in [1.82, 2.24) is 10.3 Å². The van der Waals surface area contributed by atoms with Crippen LogP contribution in [0.3, 0.4) is 0 Å². The van der Waals surface area contributed by atoms with Crippen LogP contribution in [-0.4, -0.2) is 34.8 Å². The molecular formula is C22H22N4O2S. The van der Waals surface area contributed by atoms with Gasteiger partial charge < -0.3 is 5.32 Å². The number of hydrazone groups is 1. The maximum absolute atomic E-state index is 12.4. The minimum Gasteiger partial charge on any atom is -0.350 e. The Morgan fingerprint density at radius 2 is 1.90 bits per heavy atom. The lowest BCUT2D eigenvalue weighted by atomic mass is 10.1. The molecule has 2 aromatic rings. The summed E-state index contributed by atoms with van der Waals surface area (Å²) in [5.41, 5.74) is 3.04. The zero-order chi connectivity index (χ0) is 20.5. The molecule has 0 unspecified atom stereocenters. The number of nitrogens with one attached hydrogen (secondary N) is 1. The van der Waals surface area contributed by atoms with Crippen LogP contribution in [0.15, 0.2) is 59.7 Å². The van der Waals surface area contributed by atoms with Gasteiger partial charge in [0.2, 0.25) is 5.91 Å². The highest BCUT2D eigenvalue weighted by molar-refractivity contribution is 7.98. The van der Waals surface area contributed by atoms with Crippen molar-refractivity contribution < 1.29 is 9.59 Å². The van der Waals surface area contributed by atoms with E-state index >= 15 is 0 Å². The molecule has 1 aliphatic heterocycles. The van der Waals surface area contributed by atoms with Gasteiger partial charge in [-0.15, -0.1) is 0 Å². The number of nitriles is 1. The summed E-state index contributed by atoms with van der Waals surface area (Å²) >= 11 is 1.66. The van der Waals surface area contributed by atoms with E-state index in [1.54, 1.807) is 17.8 Å². The standard InChI is InChI=1S/C22H22N4O2S/c23-14-18-8-4-5-9-19(18)16-29-13-12-24-22(28)20-10-11-21(27)26(25-20)15-17-6-2-1-3-7-17/h1-9H,10-13,15-16H2,(H,24,28). The van der Waals surface area contributed by atoms with Gasteiger partial charge in [0.1, 0.15) is 5.71 Å². The fourth-order valence-electron chi connectivity index (χ4n) is 2.92. The normalized spacial score (nSPS) is 13.6. The number of carbonyl (C=O) groups is 2. The lowest BCUT2D eigenvalue weighted by molar-refractivity contribution is -0.132. The maximum atomic E-state index is 12.4. The van der Waals surface area contributed by atoms with Gasteiger partial charge in [0.25, 0.3) is 5.91 Å². The molecule has 3 rings (SSSR count). The van der Waals surface area contributed by atoms with E-state index in [1.807, 2.05) is 48.5 Å². The molecule has 0 saturated carbocycles. The van der Waals surface area contributed by atoms with Gasteiger partial charge in [0.05, 0.1) is 18.2 Å². The van der Waals surface area contributed by atoms with Crippen molar-refractivity contribution in [2.45, 2.75) is 25.1 Å². The zero-order valence-electron chi connectivity index (χ0n) is 16.0. The van der Waals surface area contributed by atoms with E-state index in [-0.39, 0.29) is 11.8 Å². The van der Waals surface area contributed by atoms with E-state index in [1.165, 1.54) is 5.01 Å². The summed E-state index contributed by atoms with van der Waals surface area (Å²) in [5, 5.41) is 17.6. The van der Waals surface area contributed by atoms with Crippen LogP contribution < -0.4 is 5.32 Å². The van der Waals surface area contributed by atoms with Crippen LogP contribution in [0.2, 0.25) is 0 Å². The molecule has 0 aromatic heterocycles. The maximum Gasteiger partial charge on any atom is 0.267 e. The second-order valence-electron chi connectivity index (χ2n) is 6.56. The van der Waals surface area contributed by atoms with E-state index in [2.05, 4.69) is 16.5 Å². The molecule has 2 aromatic carbocycles. The Morgan fingerprint density at radius 3 is 2.69 bits per heavy atom. The van der Waals surface area contributed by atoms with Crippen molar-refractivity contribution in [3.8, 4) is 6.07 Å². The number of amides is 2. The van der Waals surface area contributed by atoms with Gasteiger partial charge in [0, 0.05) is 30.9 Å². The first-order valence-electron chi connectivity index (χ1n) is 9.43. The Labute approximate surface area is 174 Å². The molecule has 0 aliphatic carbocycles. The van der Waals surface area contributed by atoms with Crippen molar-refractivity contribution >= 4 is 29.3 Å². The van der Waals surface area contributed by atoms with Gasteiger partial charge in [0.15, 0.2) is 0 Å². The summed E-state index contributed by atoms with van der Waals surface area (Å²) in [4.78, 5) is 24.5. The quantitative estimate of drug-likeness (QED) is 0.683. The molecule has 2 amide bonds. The fraction of sp³-hybridized carbons (Fsp3) is 0.273. The van der Waals surface area contributed by atoms with Crippen LogP contribution in [0.25, 0.3) is 0 Å². The summed E-state index contributed by atoms with van der Waals surface area (Å²) in [5.74, 6) is 1.15. The number of thioether (sulfide) groups is 1. The molecule has 29 heavy (non-hydrogen) atoms. The SMILES string of the molecule is N#Cc1ccccc1CSCCNC(=O)C1=NN(Cc2ccccc2)C(=O)CC1. The first-order valence-corrected chi connectivity index (χ1v) is 10.6. The lowest BCUT2D eigenvalue weighted by Crippen LogP contribution is -2.39. The van der Waals surface area contributed by atoms with Crippen LogP contribution in [0.4, 0.5) is 0 Å². The molecule has 1 N–H and O–H groups in total. The minimum absolute atomic E-state index is 0.0721. The molecule has 0 spiro atoms. The Bertz CT molecular complexity index is 937. The highest BCUT2D eigenvalue weighted by Crippen LogP contribution is 2.16. The van der Waals surface area contributed by atoms with Gasteiger partial charge in [-0.05, 0) is 17.2 Å². The van der Waals surface area contributed by atoms with Crippen LogP contribution >= 0.6 is 11.8 Å². The predicted molar refractivity (Wildman–Crippen MR) is 114 cm³/mol. The topological polar surface area (TPSA) is 85.6 Å². The molecule has 148 valence electrons. The van der Waals surface area contributed by atoms with Crippen LogP contribution in [0.1, 0.15) is 29.5 Å². The van der Waals surface area contributed by atoms with E-state index in [9.17, 15) is 9.59 Å². The third kappa shape index (κ3) is 5.93. The number of hydrogen-bond donors (Lipinski definition) is 1. The second kappa shape index (κ2) is 10.4. The second-order valence-corrected chi connectivity index (χ2v) is 7.67. The molecule has 0 atom stereocenters. The largest absolute Gasteiger partial charge is 0.350 e. The average molecular weight is 407 g/mol. The van der Waals surface area contributed by atoms with Gasteiger partial charge in [-0.3, -0.25) is 9.59 Å². The summed E-state index contributed by atoms with van der Waals surface area (Å²) < 4.78 is 0. The lowest BCUT2D eigenvalue weighted by Gasteiger charge is -2.23. The molecule has 6 nitrogen and oxygen atoms in total. The molecule has 1 aliphatic rings. The van der Waals surface area contributed by atoms with Gasteiger partial charge in [-0.1, -0.05) is 48.5 Å². The minimum atomic E-state index is -0.228. The third-order valence-corrected chi connectivity index (χ3v) is 5.48. The number of nitrogens with zero attached hydrogens (tertiary/aromatic N) is 3. The van der Waals surface area contributed by atoms with Crippen molar-refractivity contribution in [3.05, 3.63) is 71.3 Å². The molecule has 1 heterocycles. The smallest absolute Gasteiger partial charge is 0.267 e. The summed E-state index contributed by atoms with van der Waals surface area (Å²) in [6.45, 7) is 0.870. The van der Waals surface area contributed by atoms with E-state index in [0.29, 0.717) is 37.2 Å². The average Bonchev–Trinajstić information content (AvgIpc) is 2.76. The Kier molecular flexibility index (Phi) is 7.42. The van der Waals surface area contributed by atoms with Crippen molar-refractivity contribution in [1.29, 1.82) is 5.26 Å². The van der Waals surface area contributed by atoms with Crippen molar-refractivity contribution in [2.24, 2.45) is 5.10 Å². The molecular weight excluding hydrogens is 384 g/mol. The monoisotopic (exact) mass is 406 g/mol. The van der Waals surface area contributed by atoms with E-state index in [4.69, 9.17) is 5.26 Å². The Balaban J connectivity index is 1.46. The third-order valence-electron chi connectivity index (χ3n) is 4.47. The number of hydrogen-bond acceptors (Lipinski definition) is 5. The van der Waals surface area contributed by atoms with Crippen molar-refractivity contribution in [3.63, 3.8) is 0 Å². The summed E-state index contributed by atoms with van der Waals surface area (Å²) in [7, 11) is 0. The molecule has 0 saturated heterocycles. The van der Waals surface area contributed by atoms with E-state index in [0.717, 1.165) is 22.6 Å². The van der Waals surface area contributed by atoms with E-state index < -0.39 is 0 Å². The first kappa shape index (κ1) is 20.6. The molecule has 0 bridgehead atoms. The highest BCUT2D eigenvalue weighted by Gasteiger charge is 2.24. The fourth-order valence-corrected chi connectivity index (χ4v) is 3.78. The number of benzene rings is 2. The molecule has 0 radical (unpaired) electrons. The summed E-state index contributed by atoms with van der Waals surface area (Å²) in [6, 6.07) is 19.3. The van der Waals surface area contributed by atoms with Gasteiger partial charge in [-0.2, -0.15) is 22.1 Å². The number of rotatable bonds is 8. The highest BCUT2D eigenvalue weighted by atomic mass is 32.2. The predicted octanol–water partition coefficient (Wildman–Crippen LogP) is 3.09. The zero-order valence-corrected chi connectivity index (χ0v) is 16.8. The Morgan fingerprint density at radius 1 is 1.14 bits per heavy atom. The van der Waals surface area contributed by atoms with Gasteiger partial charge in [-0.25, -0.2) is 5.01 Å². The van der Waals surface area contributed by atoms with Gasteiger partial charge >= 0.3 is 0 Å². The molecule has 7 heteroatoms. The molecule has 0 fully saturated rings. The Hall–Kier alpha value is -3.11.